The maximum atomic E-state index is 6.09. The van der Waals surface area contributed by atoms with Crippen molar-refractivity contribution in [3.05, 3.63) is 47.6 Å². The molecule has 0 spiro atoms. The van der Waals surface area contributed by atoms with Crippen LogP contribution >= 0.6 is 0 Å². The first-order valence-electron chi connectivity index (χ1n) is 5.89. The molecular formula is C13H15N3O. The highest BCUT2D eigenvalue weighted by molar-refractivity contribution is 5.23. The molecule has 3 rings (SSSR count). The second kappa shape index (κ2) is 3.96. The van der Waals surface area contributed by atoms with Crippen molar-refractivity contribution in [3.8, 4) is 0 Å². The molecular weight excluding hydrogens is 214 g/mol. The average molecular weight is 229 g/mol. The van der Waals surface area contributed by atoms with Crippen molar-refractivity contribution in [1.82, 2.24) is 10.1 Å². The Kier molecular flexibility index (Phi) is 2.44. The highest BCUT2D eigenvalue weighted by atomic mass is 16.5. The molecule has 0 aliphatic heterocycles. The summed E-state index contributed by atoms with van der Waals surface area (Å²) in [5.74, 6) is 2.45. The largest absolute Gasteiger partial charge is 0.337 e. The molecule has 88 valence electrons. The maximum absolute atomic E-state index is 6.09. The second-order valence-electron chi connectivity index (χ2n) is 4.70. The summed E-state index contributed by atoms with van der Waals surface area (Å²) in [5.41, 5.74) is 7.08. The van der Waals surface area contributed by atoms with Crippen molar-refractivity contribution in [2.45, 2.75) is 25.3 Å². The van der Waals surface area contributed by atoms with E-state index in [0.717, 1.165) is 17.8 Å². The Morgan fingerprint density at radius 2 is 2.06 bits per heavy atom. The summed E-state index contributed by atoms with van der Waals surface area (Å²) >= 11 is 0. The average Bonchev–Trinajstić information content (AvgIpc) is 2.92. The summed E-state index contributed by atoms with van der Waals surface area (Å²) < 4.78 is 5.24. The van der Waals surface area contributed by atoms with E-state index < -0.39 is 0 Å². The lowest BCUT2D eigenvalue weighted by Crippen LogP contribution is -2.12. The van der Waals surface area contributed by atoms with Gasteiger partial charge in [0, 0.05) is 5.92 Å². The van der Waals surface area contributed by atoms with Crippen LogP contribution in [0.1, 0.15) is 42.6 Å². The van der Waals surface area contributed by atoms with E-state index in [9.17, 15) is 0 Å². The molecule has 2 N–H and O–H groups in total. The van der Waals surface area contributed by atoms with Crippen LogP contribution in [0.4, 0.5) is 0 Å². The van der Waals surface area contributed by atoms with Crippen LogP contribution in [0.15, 0.2) is 34.9 Å². The predicted molar refractivity (Wildman–Crippen MR) is 63.3 cm³/mol. The summed E-state index contributed by atoms with van der Waals surface area (Å²) in [6.07, 6.45) is 1.15. The van der Waals surface area contributed by atoms with Gasteiger partial charge in [0.1, 0.15) is 6.04 Å². The number of nitrogens with zero attached hydrogens (tertiary/aromatic N) is 2. The molecule has 1 heterocycles. The summed E-state index contributed by atoms with van der Waals surface area (Å²) in [7, 11) is 0. The lowest BCUT2D eigenvalue weighted by atomic mass is 10.1. The van der Waals surface area contributed by atoms with Gasteiger partial charge in [-0.05, 0) is 17.9 Å². The molecule has 3 unspecified atom stereocenters. The summed E-state index contributed by atoms with van der Waals surface area (Å²) in [5, 5.41) is 4.01. The predicted octanol–water partition coefficient (Wildman–Crippen LogP) is 2.24. The Bertz CT molecular complexity index is 508. The lowest BCUT2D eigenvalue weighted by molar-refractivity contribution is 0.362. The standard InChI is InChI=1S/C13H15N3O/c1-8-7-10(8)12-15-13(17-16-12)11(14)9-5-3-2-4-6-9/h2-6,8,10-11H,7,14H2,1H3. The maximum Gasteiger partial charge on any atom is 0.248 e. The third kappa shape index (κ3) is 1.96. The molecule has 0 amide bonds. The number of hydrogen-bond acceptors (Lipinski definition) is 4. The Labute approximate surface area is 99.8 Å². The van der Waals surface area contributed by atoms with Crippen LogP contribution < -0.4 is 5.73 Å². The van der Waals surface area contributed by atoms with Gasteiger partial charge < -0.3 is 10.3 Å². The number of rotatable bonds is 3. The fourth-order valence-electron chi connectivity index (χ4n) is 2.01. The molecule has 4 nitrogen and oxygen atoms in total. The van der Waals surface area contributed by atoms with Crippen molar-refractivity contribution in [3.63, 3.8) is 0 Å². The zero-order valence-corrected chi connectivity index (χ0v) is 9.71. The van der Waals surface area contributed by atoms with E-state index in [1.54, 1.807) is 0 Å². The van der Waals surface area contributed by atoms with Gasteiger partial charge in [0.05, 0.1) is 0 Å². The third-order valence-corrected chi connectivity index (χ3v) is 3.32. The van der Waals surface area contributed by atoms with Crippen LogP contribution in [0.5, 0.6) is 0 Å². The van der Waals surface area contributed by atoms with Gasteiger partial charge in [-0.2, -0.15) is 4.98 Å². The van der Waals surface area contributed by atoms with Crippen LogP contribution in [0.3, 0.4) is 0 Å². The monoisotopic (exact) mass is 229 g/mol. The first-order valence-corrected chi connectivity index (χ1v) is 5.89. The second-order valence-corrected chi connectivity index (χ2v) is 4.70. The first-order chi connectivity index (χ1) is 8.25. The normalized spacial score (nSPS) is 24.6. The van der Waals surface area contributed by atoms with E-state index in [2.05, 4.69) is 17.1 Å². The zero-order chi connectivity index (χ0) is 11.8. The highest BCUT2D eigenvalue weighted by Gasteiger charge is 2.38. The minimum Gasteiger partial charge on any atom is -0.337 e. The molecule has 3 atom stereocenters. The summed E-state index contributed by atoms with van der Waals surface area (Å²) in [6, 6.07) is 9.47. The quantitative estimate of drug-likeness (QED) is 0.876. The minimum absolute atomic E-state index is 0.327. The molecule has 4 heteroatoms. The van der Waals surface area contributed by atoms with Crippen LogP contribution in [-0.4, -0.2) is 10.1 Å². The Morgan fingerprint density at radius 3 is 2.71 bits per heavy atom. The van der Waals surface area contributed by atoms with Crippen LogP contribution in [0, 0.1) is 5.92 Å². The third-order valence-electron chi connectivity index (χ3n) is 3.32. The fourth-order valence-corrected chi connectivity index (χ4v) is 2.01. The van der Waals surface area contributed by atoms with E-state index in [1.165, 1.54) is 0 Å². The van der Waals surface area contributed by atoms with Gasteiger partial charge in [-0.1, -0.05) is 42.4 Å². The van der Waals surface area contributed by atoms with E-state index >= 15 is 0 Å². The zero-order valence-electron chi connectivity index (χ0n) is 9.71. The molecule has 1 aliphatic rings. The van der Waals surface area contributed by atoms with E-state index in [1.807, 2.05) is 30.3 Å². The van der Waals surface area contributed by atoms with Gasteiger partial charge in [-0.15, -0.1) is 0 Å². The van der Waals surface area contributed by atoms with Gasteiger partial charge in [0.2, 0.25) is 5.89 Å². The lowest BCUT2D eigenvalue weighted by Gasteiger charge is -2.05. The Hall–Kier alpha value is -1.68. The topological polar surface area (TPSA) is 64.9 Å². The fraction of sp³-hybridized carbons (Fsp3) is 0.385. The molecule has 1 aliphatic carbocycles. The number of hydrogen-bond donors (Lipinski definition) is 1. The molecule has 0 bridgehead atoms. The molecule has 17 heavy (non-hydrogen) atoms. The number of nitrogens with two attached hydrogens (primary N) is 1. The van der Waals surface area contributed by atoms with Crippen molar-refractivity contribution in [1.29, 1.82) is 0 Å². The molecule has 1 aromatic carbocycles. The molecule has 1 fully saturated rings. The molecule has 1 saturated carbocycles. The molecule has 0 saturated heterocycles. The molecule has 0 radical (unpaired) electrons. The van der Waals surface area contributed by atoms with Crippen molar-refractivity contribution < 1.29 is 4.52 Å². The van der Waals surface area contributed by atoms with Crippen molar-refractivity contribution in [2.75, 3.05) is 0 Å². The Morgan fingerprint density at radius 1 is 1.35 bits per heavy atom. The van der Waals surface area contributed by atoms with E-state index in [0.29, 0.717) is 17.7 Å². The van der Waals surface area contributed by atoms with Crippen molar-refractivity contribution in [2.24, 2.45) is 11.7 Å². The number of benzene rings is 1. The first kappa shape index (κ1) is 10.5. The summed E-state index contributed by atoms with van der Waals surface area (Å²) in [6.45, 7) is 2.19. The van der Waals surface area contributed by atoms with Gasteiger partial charge >= 0.3 is 0 Å². The SMILES string of the molecule is CC1CC1c1noc(C(N)c2ccccc2)n1. The Balaban J connectivity index is 1.82. The van der Waals surface area contributed by atoms with Crippen LogP contribution in [0.2, 0.25) is 0 Å². The van der Waals surface area contributed by atoms with Crippen molar-refractivity contribution >= 4 is 0 Å². The van der Waals surface area contributed by atoms with E-state index in [-0.39, 0.29) is 6.04 Å². The minimum atomic E-state index is -0.327. The van der Waals surface area contributed by atoms with Gasteiger partial charge in [-0.25, -0.2) is 0 Å². The van der Waals surface area contributed by atoms with Gasteiger partial charge in [0.25, 0.3) is 0 Å². The smallest absolute Gasteiger partial charge is 0.248 e. The van der Waals surface area contributed by atoms with E-state index in [4.69, 9.17) is 10.3 Å². The molecule has 1 aromatic heterocycles. The van der Waals surface area contributed by atoms with Crippen LogP contribution in [-0.2, 0) is 0 Å². The summed E-state index contributed by atoms with van der Waals surface area (Å²) in [4.78, 5) is 4.40. The number of aromatic nitrogens is 2. The molecule has 2 aromatic rings. The van der Waals surface area contributed by atoms with Crippen LogP contribution in [0.25, 0.3) is 0 Å². The highest BCUT2D eigenvalue weighted by Crippen LogP contribution is 2.45. The van der Waals surface area contributed by atoms with Gasteiger partial charge in [-0.3, -0.25) is 0 Å². The van der Waals surface area contributed by atoms with Gasteiger partial charge in [0.15, 0.2) is 5.82 Å².